The van der Waals surface area contributed by atoms with Gasteiger partial charge in [0, 0.05) is 91.5 Å². The van der Waals surface area contributed by atoms with Gasteiger partial charge in [-0.05, 0) is 56.8 Å². The summed E-state index contributed by atoms with van der Waals surface area (Å²) >= 11 is 0. The number of aromatic nitrogens is 4. The van der Waals surface area contributed by atoms with E-state index in [-0.39, 0.29) is 45.4 Å². The van der Waals surface area contributed by atoms with Gasteiger partial charge >= 0.3 is 17.1 Å². The summed E-state index contributed by atoms with van der Waals surface area (Å²) in [5.74, 6) is 1.00. The lowest BCUT2D eigenvalue weighted by Gasteiger charge is -2.51. The quantitative estimate of drug-likeness (QED) is 0.0343. The number of H-pyrrole nitrogens is 1. The van der Waals surface area contributed by atoms with Crippen molar-refractivity contribution in [1.29, 1.82) is 0 Å². The molecule has 0 spiro atoms. The minimum Gasteiger partial charge on any atom is -0.414 e. The van der Waals surface area contributed by atoms with E-state index in [2.05, 4.69) is 225 Å². The first-order chi connectivity index (χ1) is 38.1. The van der Waals surface area contributed by atoms with Crippen LogP contribution in [0.1, 0.15) is 111 Å². The molecule has 0 bridgehead atoms. The van der Waals surface area contributed by atoms with Gasteiger partial charge in [-0.25, -0.2) is 4.98 Å². The summed E-state index contributed by atoms with van der Waals surface area (Å²) in [6.07, 6.45) is 2.14. The number of aromatic amines is 1. The monoisotopic (exact) mass is 1110 g/mol. The molecule has 14 nitrogen and oxygen atoms in total. The molecule has 2 aromatic heterocycles. The number of fused-ring (bicyclic) bond motifs is 2. The molecule has 2 fully saturated rings. The van der Waals surface area contributed by atoms with Gasteiger partial charge in [0.1, 0.15) is 12.3 Å². The highest BCUT2D eigenvalue weighted by Gasteiger charge is 2.60. The summed E-state index contributed by atoms with van der Waals surface area (Å²) in [7, 11) is -5.56. The van der Waals surface area contributed by atoms with E-state index in [0.29, 0.717) is 37.1 Å². The van der Waals surface area contributed by atoms with Crippen molar-refractivity contribution in [2.45, 2.75) is 149 Å². The third-order valence-corrected chi connectivity index (χ3v) is 26.3. The number of hydrogen-bond acceptors (Lipinski definition) is 12. The van der Waals surface area contributed by atoms with E-state index in [1.54, 1.807) is 6.33 Å². The summed E-state index contributed by atoms with van der Waals surface area (Å²) in [5, 5.41) is 3.48. The first-order valence-corrected chi connectivity index (χ1v) is 33.5. The van der Waals surface area contributed by atoms with Crippen LogP contribution in [0.5, 0.6) is 0 Å². The highest BCUT2D eigenvalue weighted by molar-refractivity contribution is 6.84. The van der Waals surface area contributed by atoms with Crippen LogP contribution in [0.25, 0.3) is 11.2 Å². The number of benzene rings is 4. The fourth-order valence-corrected chi connectivity index (χ4v) is 23.0. The van der Waals surface area contributed by atoms with E-state index in [9.17, 15) is 4.79 Å². The van der Waals surface area contributed by atoms with E-state index in [4.69, 9.17) is 22.7 Å². The van der Waals surface area contributed by atoms with E-state index < -0.39 is 23.3 Å². The standard InChI is InChI=1S/C63H93N9O5Si2/c1-48(2)41-71(45-56-30-21-14-22-31-56)39-38-70(44-55-28-19-13-20-29-55)37-36-69(43-54-26-17-12-18-27-54)35-34-68(42-53-24-15-11-16-25-53)33-23-32-64-63-66-61-60(62(73)67-63)65-47-72(61)59-40-57-58(75-59)46-74-78(49(3)4,50(5)6)77-79(76-57,51(7)8)52(9)10/h11-22,24-31,47-52,57-59H,23,32-46H2,1-10H3,(H2,64,66,67,73)/t57-,58+,59+/m0/s1. The van der Waals surface area contributed by atoms with Crippen molar-refractivity contribution in [3.8, 4) is 0 Å². The van der Waals surface area contributed by atoms with Gasteiger partial charge in [0.25, 0.3) is 5.56 Å². The second-order valence-corrected chi connectivity index (χ2v) is 32.8. The third kappa shape index (κ3) is 16.2. The fourth-order valence-electron chi connectivity index (χ4n) is 11.8. The van der Waals surface area contributed by atoms with Crippen molar-refractivity contribution in [3.05, 3.63) is 160 Å². The highest BCUT2D eigenvalue weighted by Crippen LogP contribution is 2.48. The molecule has 2 aliphatic rings. The Balaban J connectivity index is 0.939. The second kappa shape index (κ2) is 28.7. The van der Waals surface area contributed by atoms with Crippen LogP contribution in [0.2, 0.25) is 22.2 Å². The van der Waals surface area contributed by atoms with Crippen LogP contribution in [-0.2, 0) is 43.9 Å². The molecular formula is C63H93N9O5Si2. The van der Waals surface area contributed by atoms with Crippen molar-refractivity contribution in [3.63, 3.8) is 0 Å². The SMILES string of the molecule is CC(C)CN(CCN(CCN(CCN(CCCNc1nc2c(ncn2[C@H]2C[C@@H]3O[Si](C(C)C)(C(C)C)O[Si](C(C)C)(C(C)C)OC[C@H]3O2)c(=O)[nH]1)Cc1ccccc1)Cc1ccccc1)Cc1ccccc1)Cc1ccccc1. The molecular weight excluding hydrogens is 1020 g/mol. The summed E-state index contributed by atoms with van der Waals surface area (Å²) in [5.41, 5.74) is 6.69. The summed E-state index contributed by atoms with van der Waals surface area (Å²) in [4.78, 5) is 36.7. The summed E-state index contributed by atoms with van der Waals surface area (Å²) in [6.45, 7) is 34.8. The predicted octanol–water partition coefficient (Wildman–Crippen LogP) is 11.8. The Hall–Kier alpha value is -4.86. The van der Waals surface area contributed by atoms with E-state index in [0.717, 1.165) is 85.0 Å². The molecule has 428 valence electrons. The van der Waals surface area contributed by atoms with Gasteiger partial charge in [0.15, 0.2) is 11.2 Å². The molecule has 0 amide bonds. The molecule has 0 aliphatic carbocycles. The van der Waals surface area contributed by atoms with Crippen molar-refractivity contribution in [1.82, 2.24) is 39.1 Å². The maximum Gasteiger partial charge on any atom is 0.335 e. The molecule has 8 rings (SSSR count). The van der Waals surface area contributed by atoms with Crippen molar-refractivity contribution in [2.75, 3.05) is 70.8 Å². The molecule has 79 heavy (non-hydrogen) atoms. The summed E-state index contributed by atoms with van der Waals surface area (Å²) in [6, 6.07) is 43.6. The Morgan fingerprint density at radius 1 is 0.595 bits per heavy atom. The Morgan fingerprint density at radius 2 is 1.04 bits per heavy atom. The smallest absolute Gasteiger partial charge is 0.335 e. The summed E-state index contributed by atoms with van der Waals surface area (Å²) < 4.78 is 30.6. The average Bonchev–Trinajstić information content (AvgIpc) is 4.07. The first kappa shape index (κ1) is 60.2. The number of nitrogens with one attached hydrogen (secondary N) is 2. The van der Waals surface area contributed by atoms with Gasteiger partial charge < -0.3 is 23.0 Å². The Bertz CT molecular complexity index is 2770. The number of imidazole rings is 1. The Kier molecular flexibility index (Phi) is 21.9. The normalized spacial score (nSPS) is 18.5. The van der Waals surface area contributed by atoms with Crippen LogP contribution >= 0.6 is 0 Å². The largest absolute Gasteiger partial charge is 0.414 e. The highest BCUT2D eigenvalue weighted by atomic mass is 28.5. The fraction of sp³-hybridized carbons (Fsp3) is 0.540. The lowest BCUT2D eigenvalue weighted by molar-refractivity contribution is -0.0544. The molecule has 6 aromatic rings. The van der Waals surface area contributed by atoms with Gasteiger partial charge in [-0.2, -0.15) is 4.98 Å². The van der Waals surface area contributed by atoms with Crippen LogP contribution < -0.4 is 10.9 Å². The van der Waals surface area contributed by atoms with Crippen molar-refractivity contribution in [2.24, 2.45) is 5.92 Å². The number of anilines is 1. The molecule has 2 saturated heterocycles. The molecule has 0 radical (unpaired) electrons. The van der Waals surface area contributed by atoms with Crippen LogP contribution in [0.4, 0.5) is 5.95 Å². The predicted molar refractivity (Wildman–Crippen MR) is 325 cm³/mol. The maximum atomic E-state index is 13.7. The number of ether oxygens (including phenoxy) is 1. The lowest BCUT2D eigenvalue weighted by atomic mass is 10.1. The van der Waals surface area contributed by atoms with Gasteiger partial charge in [-0.1, -0.05) is 191 Å². The third-order valence-electron chi connectivity index (χ3n) is 16.0. The van der Waals surface area contributed by atoms with Gasteiger partial charge in [0.05, 0.1) is 19.0 Å². The van der Waals surface area contributed by atoms with Crippen molar-refractivity contribution >= 4 is 34.2 Å². The number of nitrogens with zero attached hydrogens (tertiary/aromatic N) is 7. The molecule has 16 heteroatoms. The zero-order chi connectivity index (χ0) is 55.9. The zero-order valence-electron chi connectivity index (χ0n) is 49.2. The maximum absolute atomic E-state index is 13.7. The van der Waals surface area contributed by atoms with Gasteiger partial charge in [-0.3, -0.25) is 33.9 Å². The van der Waals surface area contributed by atoms with Crippen LogP contribution in [0.15, 0.2) is 132 Å². The first-order valence-electron chi connectivity index (χ1n) is 29.5. The molecule has 4 aromatic carbocycles. The van der Waals surface area contributed by atoms with E-state index >= 15 is 0 Å². The number of rotatable bonds is 29. The van der Waals surface area contributed by atoms with E-state index in [1.165, 1.54) is 22.3 Å². The topological polar surface area (TPSA) is 125 Å². The van der Waals surface area contributed by atoms with Crippen LogP contribution in [-0.4, -0.2) is 134 Å². The lowest BCUT2D eigenvalue weighted by Crippen LogP contribution is -2.65. The Labute approximate surface area is 474 Å². The number of hydrogen-bond donors (Lipinski definition) is 2. The Morgan fingerprint density at radius 3 is 1.49 bits per heavy atom. The molecule has 2 aliphatic heterocycles. The second-order valence-electron chi connectivity index (χ2n) is 23.9. The molecule has 3 atom stereocenters. The molecule has 4 heterocycles. The van der Waals surface area contributed by atoms with Crippen LogP contribution in [0.3, 0.4) is 0 Å². The molecule has 2 N–H and O–H groups in total. The average molecular weight is 1110 g/mol. The van der Waals surface area contributed by atoms with Gasteiger partial charge in [0.2, 0.25) is 5.95 Å². The minimum atomic E-state index is -2.83. The van der Waals surface area contributed by atoms with Gasteiger partial charge in [-0.15, -0.1) is 0 Å². The molecule has 0 saturated carbocycles. The van der Waals surface area contributed by atoms with E-state index in [1.807, 2.05) is 4.57 Å². The van der Waals surface area contributed by atoms with Crippen molar-refractivity contribution < 1.29 is 17.7 Å². The molecule has 0 unspecified atom stereocenters. The zero-order valence-corrected chi connectivity index (χ0v) is 51.2. The van der Waals surface area contributed by atoms with Crippen LogP contribution in [0, 0.1) is 5.92 Å². The minimum absolute atomic E-state index is 0.209.